The predicted molar refractivity (Wildman–Crippen MR) is 57.0 cm³/mol. The van der Waals surface area contributed by atoms with Gasteiger partial charge in [0.1, 0.15) is 0 Å². The van der Waals surface area contributed by atoms with Gasteiger partial charge in [-0.15, -0.1) is 0 Å². The SMILES string of the molecule is C[C@H](O)c1ccnc(-n2cc(C(F)(F)F)cn2)c1. The van der Waals surface area contributed by atoms with E-state index in [1.165, 1.54) is 12.3 Å². The summed E-state index contributed by atoms with van der Waals surface area (Å²) in [5.74, 6) is 0.226. The molecular formula is C11H10F3N3O. The van der Waals surface area contributed by atoms with Crippen molar-refractivity contribution < 1.29 is 18.3 Å². The minimum Gasteiger partial charge on any atom is -0.389 e. The number of rotatable bonds is 2. The van der Waals surface area contributed by atoms with Gasteiger partial charge >= 0.3 is 6.18 Å². The molecular weight excluding hydrogens is 247 g/mol. The lowest BCUT2D eigenvalue weighted by Gasteiger charge is -2.06. The van der Waals surface area contributed by atoms with Crippen molar-refractivity contribution in [2.45, 2.75) is 19.2 Å². The van der Waals surface area contributed by atoms with Gasteiger partial charge in [0.05, 0.1) is 17.9 Å². The number of hydrogen-bond acceptors (Lipinski definition) is 3. The number of aromatic nitrogens is 3. The number of aliphatic hydroxyl groups excluding tert-OH is 1. The Labute approximate surface area is 101 Å². The van der Waals surface area contributed by atoms with Gasteiger partial charge in [-0.05, 0) is 24.6 Å². The fourth-order valence-corrected chi connectivity index (χ4v) is 1.41. The molecule has 0 unspecified atom stereocenters. The summed E-state index contributed by atoms with van der Waals surface area (Å²) in [6.07, 6.45) is -2.15. The molecule has 96 valence electrons. The van der Waals surface area contributed by atoms with Crippen LogP contribution < -0.4 is 0 Å². The Morgan fingerprint density at radius 1 is 1.39 bits per heavy atom. The largest absolute Gasteiger partial charge is 0.419 e. The van der Waals surface area contributed by atoms with Crippen molar-refractivity contribution in [1.29, 1.82) is 0 Å². The van der Waals surface area contributed by atoms with E-state index in [9.17, 15) is 18.3 Å². The maximum Gasteiger partial charge on any atom is 0.419 e. The zero-order chi connectivity index (χ0) is 13.3. The highest BCUT2D eigenvalue weighted by Crippen LogP contribution is 2.29. The fraction of sp³-hybridized carbons (Fsp3) is 0.273. The number of alkyl halides is 3. The van der Waals surface area contributed by atoms with Crippen molar-refractivity contribution >= 4 is 0 Å². The third-order valence-electron chi connectivity index (χ3n) is 2.40. The number of aliphatic hydroxyl groups is 1. The van der Waals surface area contributed by atoms with Gasteiger partial charge in [0.15, 0.2) is 5.82 Å². The van der Waals surface area contributed by atoms with E-state index >= 15 is 0 Å². The monoisotopic (exact) mass is 257 g/mol. The second kappa shape index (κ2) is 4.41. The van der Waals surface area contributed by atoms with E-state index < -0.39 is 17.8 Å². The Morgan fingerprint density at radius 3 is 2.67 bits per heavy atom. The summed E-state index contributed by atoms with van der Waals surface area (Å²) in [6, 6.07) is 3.07. The molecule has 0 spiro atoms. The Hall–Kier alpha value is -1.89. The van der Waals surface area contributed by atoms with Gasteiger partial charge in [-0.1, -0.05) is 0 Å². The Morgan fingerprint density at radius 2 is 2.11 bits per heavy atom. The van der Waals surface area contributed by atoms with Crippen molar-refractivity contribution in [3.8, 4) is 5.82 Å². The molecule has 0 bridgehead atoms. The molecule has 2 aromatic heterocycles. The highest BCUT2D eigenvalue weighted by atomic mass is 19.4. The molecule has 0 aliphatic heterocycles. The van der Waals surface area contributed by atoms with Gasteiger partial charge in [0.25, 0.3) is 0 Å². The molecule has 1 atom stereocenters. The molecule has 0 saturated heterocycles. The first-order chi connectivity index (χ1) is 8.38. The molecule has 0 fully saturated rings. The van der Waals surface area contributed by atoms with Gasteiger partial charge in [0, 0.05) is 12.4 Å². The maximum atomic E-state index is 12.4. The summed E-state index contributed by atoms with van der Waals surface area (Å²) in [5, 5.41) is 13.0. The molecule has 18 heavy (non-hydrogen) atoms. The number of nitrogens with zero attached hydrogens (tertiary/aromatic N) is 3. The summed E-state index contributed by atoms with van der Waals surface area (Å²) >= 11 is 0. The molecule has 2 aromatic rings. The van der Waals surface area contributed by atoms with Crippen molar-refractivity contribution in [3.63, 3.8) is 0 Å². The van der Waals surface area contributed by atoms with Crippen LogP contribution in [0.2, 0.25) is 0 Å². The summed E-state index contributed by atoms with van der Waals surface area (Å²) in [7, 11) is 0. The minimum atomic E-state index is -4.43. The van der Waals surface area contributed by atoms with Crippen LogP contribution in [0.1, 0.15) is 24.2 Å². The van der Waals surface area contributed by atoms with Gasteiger partial charge in [0.2, 0.25) is 0 Å². The van der Waals surface area contributed by atoms with E-state index in [0.717, 1.165) is 17.1 Å². The van der Waals surface area contributed by atoms with Crippen molar-refractivity contribution in [2.75, 3.05) is 0 Å². The zero-order valence-electron chi connectivity index (χ0n) is 9.39. The van der Waals surface area contributed by atoms with Crippen LogP contribution >= 0.6 is 0 Å². The van der Waals surface area contributed by atoms with E-state index in [-0.39, 0.29) is 5.82 Å². The predicted octanol–water partition coefficient (Wildman–Crippen LogP) is 2.34. The second-order valence-corrected chi connectivity index (χ2v) is 3.79. The van der Waals surface area contributed by atoms with Gasteiger partial charge in [-0.25, -0.2) is 9.67 Å². The molecule has 0 aliphatic carbocycles. The molecule has 0 aromatic carbocycles. The minimum absolute atomic E-state index is 0.226. The van der Waals surface area contributed by atoms with Crippen LogP contribution in [0, 0.1) is 0 Å². The normalized spacial score (nSPS) is 13.6. The smallest absolute Gasteiger partial charge is 0.389 e. The Kier molecular flexibility index (Phi) is 3.08. The number of hydrogen-bond donors (Lipinski definition) is 1. The first-order valence-corrected chi connectivity index (χ1v) is 5.14. The van der Waals surface area contributed by atoms with E-state index in [0.29, 0.717) is 5.56 Å². The summed E-state index contributed by atoms with van der Waals surface area (Å²) in [6.45, 7) is 1.56. The number of pyridine rings is 1. The lowest BCUT2D eigenvalue weighted by molar-refractivity contribution is -0.137. The lowest BCUT2D eigenvalue weighted by atomic mass is 10.2. The standard InChI is InChI=1S/C11H10F3N3O/c1-7(18)8-2-3-15-10(4-8)17-6-9(5-16-17)11(12,13)14/h2-7,18H,1H3/t7-/m0/s1. The van der Waals surface area contributed by atoms with Crippen LogP contribution in [0.25, 0.3) is 5.82 Å². The van der Waals surface area contributed by atoms with Crippen LogP contribution in [-0.4, -0.2) is 19.9 Å². The van der Waals surface area contributed by atoms with Crippen molar-refractivity contribution in [3.05, 3.63) is 41.9 Å². The maximum absolute atomic E-state index is 12.4. The average Bonchev–Trinajstić information content (AvgIpc) is 2.78. The van der Waals surface area contributed by atoms with E-state index in [2.05, 4.69) is 10.1 Å². The van der Waals surface area contributed by atoms with Crippen LogP contribution in [0.5, 0.6) is 0 Å². The van der Waals surface area contributed by atoms with Crippen LogP contribution in [-0.2, 0) is 6.18 Å². The zero-order valence-corrected chi connectivity index (χ0v) is 9.39. The Balaban J connectivity index is 2.37. The molecule has 2 heterocycles. The molecule has 0 saturated carbocycles. The molecule has 0 aliphatic rings. The van der Waals surface area contributed by atoms with Gasteiger partial charge in [-0.2, -0.15) is 18.3 Å². The molecule has 2 rings (SSSR count). The fourth-order valence-electron chi connectivity index (χ4n) is 1.41. The quantitative estimate of drug-likeness (QED) is 0.898. The van der Waals surface area contributed by atoms with Gasteiger partial charge < -0.3 is 5.11 Å². The molecule has 4 nitrogen and oxygen atoms in total. The summed E-state index contributed by atoms with van der Waals surface area (Å²) < 4.78 is 38.3. The van der Waals surface area contributed by atoms with Crippen LogP contribution in [0.15, 0.2) is 30.7 Å². The van der Waals surface area contributed by atoms with Crippen molar-refractivity contribution in [1.82, 2.24) is 14.8 Å². The van der Waals surface area contributed by atoms with Gasteiger partial charge in [-0.3, -0.25) is 0 Å². The molecule has 0 radical (unpaired) electrons. The lowest BCUT2D eigenvalue weighted by Crippen LogP contribution is -2.04. The third-order valence-corrected chi connectivity index (χ3v) is 2.40. The first-order valence-electron chi connectivity index (χ1n) is 5.14. The first kappa shape index (κ1) is 12.6. The topological polar surface area (TPSA) is 50.9 Å². The third kappa shape index (κ3) is 2.51. The highest BCUT2D eigenvalue weighted by Gasteiger charge is 2.32. The summed E-state index contributed by atoms with van der Waals surface area (Å²) in [4.78, 5) is 3.91. The second-order valence-electron chi connectivity index (χ2n) is 3.79. The number of halogens is 3. The highest BCUT2D eigenvalue weighted by molar-refractivity contribution is 5.29. The van der Waals surface area contributed by atoms with E-state index in [1.54, 1.807) is 13.0 Å². The molecule has 1 N–H and O–H groups in total. The van der Waals surface area contributed by atoms with Crippen LogP contribution in [0.4, 0.5) is 13.2 Å². The summed E-state index contributed by atoms with van der Waals surface area (Å²) in [5.41, 5.74) is -0.282. The molecule has 7 heteroatoms. The van der Waals surface area contributed by atoms with Crippen LogP contribution in [0.3, 0.4) is 0 Å². The van der Waals surface area contributed by atoms with E-state index in [4.69, 9.17) is 0 Å². The van der Waals surface area contributed by atoms with Crippen molar-refractivity contribution in [2.24, 2.45) is 0 Å². The van der Waals surface area contributed by atoms with E-state index in [1.807, 2.05) is 0 Å². The average molecular weight is 257 g/mol. The molecule has 0 amide bonds. The Bertz CT molecular complexity index is 548.